The standard InChI is InChI=1S/C19H23FN2O4S2/c20-16-5-1-2-6-17(16)26-13-4-10-21-19(23)15-8-11-22(12-9-15)28(24,25)18-7-3-14-27-18/h1-3,5-7,14-15H,4,8-13H2,(H,21,23). The minimum absolute atomic E-state index is 0.0703. The number of para-hydroxylation sites is 1. The number of nitrogens with zero attached hydrogens (tertiary/aromatic N) is 1. The van der Waals surface area contributed by atoms with E-state index in [1.165, 1.54) is 21.7 Å². The molecule has 1 N–H and O–H groups in total. The molecule has 152 valence electrons. The van der Waals surface area contributed by atoms with Crippen molar-refractivity contribution >= 4 is 27.3 Å². The van der Waals surface area contributed by atoms with Crippen LogP contribution < -0.4 is 10.1 Å². The molecule has 1 aliphatic heterocycles. The van der Waals surface area contributed by atoms with E-state index in [0.717, 1.165) is 0 Å². The molecule has 2 heterocycles. The number of nitrogens with one attached hydrogen (secondary N) is 1. The number of carbonyl (C=O) groups excluding carboxylic acids is 1. The monoisotopic (exact) mass is 426 g/mol. The number of rotatable bonds is 8. The third kappa shape index (κ3) is 5.09. The van der Waals surface area contributed by atoms with E-state index < -0.39 is 15.8 Å². The maximum absolute atomic E-state index is 13.4. The summed E-state index contributed by atoms with van der Waals surface area (Å²) in [6.45, 7) is 1.42. The van der Waals surface area contributed by atoms with Gasteiger partial charge in [0.1, 0.15) is 4.21 Å². The van der Waals surface area contributed by atoms with E-state index in [0.29, 0.717) is 49.7 Å². The number of amides is 1. The van der Waals surface area contributed by atoms with Crippen molar-refractivity contribution in [3.8, 4) is 5.75 Å². The van der Waals surface area contributed by atoms with Crippen LogP contribution in [-0.4, -0.2) is 44.9 Å². The lowest BCUT2D eigenvalue weighted by atomic mass is 9.97. The molecule has 0 spiro atoms. The molecule has 0 atom stereocenters. The summed E-state index contributed by atoms with van der Waals surface area (Å²) >= 11 is 1.20. The molecule has 1 fully saturated rings. The Bertz CT molecular complexity index is 879. The van der Waals surface area contributed by atoms with Crippen molar-refractivity contribution in [2.45, 2.75) is 23.5 Å². The second kappa shape index (κ2) is 9.49. The van der Waals surface area contributed by atoms with Crippen molar-refractivity contribution in [2.75, 3.05) is 26.2 Å². The van der Waals surface area contributed by atoms with Gasteiger partial charge in [-0.25, -0.2) is 12.8 Å². The summed E-state index contributed by atoms with van der Waals surface area (Å²) in [6, 6.07) is 9.51. The fraction of sp³-hybridized carbons (Fsp3) is 0.421. The van der Waals surface area contributed by atoms with E-state index in [1.54, 1.807) is 35.7 Å². The normalized spacial score (nSPS) is 16.0. The molecule has 2 aromatic rings. The Morgan fingerprint density at radius 1 is 1.21 bits per heavy atom. The zero-order valence-corrected chi connectivity index (χ0v) is 17.0. The van der Waals surface area contributed by atoms with Gasteiger partial charge in [0, 0.05) is 25.6 Å². The van der Waals surface area contributed by atoms with E-state index >= 15 is 0 Å². The minimum Gasteiger partial charge on any atom is -0.490 e. The fourth-order valence-electron chi connectivity index (χ4n) is 3.07. The van der Waals surface area contributed by atoms with Gasteiger partial charge in [0.25, 0.3) is 10.0 Å². The number of benzene rings is 1. The molecule has 0 aliphatic carbocycles. The Balaban J connectivity index is 1.37. The molecule has 0 bridgehead atoms. The molecule has 0 unspecified atom stereocenters. The first kappa shape index (κ1) is 20.8. The molecule has 1 saturated heterocycles. The molecule has 1 aliphatic rings. The van der Waals surface area contributed by atoms with Gasteiger partial charge in [-0.2, -0.15) is 4.31 Å². The van der Waals surface area contributed by atoms with Crippen LogP contribution in [0.5, 0.6) is 5.75 Å². The smallest absolute Gasteiger partial charge is 0.252 e. The van der Waals surface area contributed by atoms with Crippen molar-refractivity contribution in [3.63, 3.8) is 0 Å². The Morgan fingerprint density at radius 2 is 1.96 bits per heavy atom. The van der Waals surface area contributed by atoms with Gasteiger partial charge >= 0.3 is 0 Å². The first-order chi connectivity index (χ1) is 13.5. The Labute approximate surface area is 168 Å². The number of piperidine rings is 1. The second-order valence-corrected chi connectivity index (χ2v) is 9.65. The highest BCUT2D eigenvalue weighted by atomic mass is 32.2. The summed E-state index contributed by atoms with van der Waals surface area (Å²) in [5.74, 6) is -0.467. The molecule has 6 nitrogen and oxygen atoms in total. The van der Waals surface area contributed by atoms with Gasteiger partial charge in [0.15, 0.2) is 11.6 Å². The van der Waals surface area contributed by atoms with E-state index in [2.05, 4.69) is 5.32 Å². The molecule has 28 heavy (non-hydrogen) atoms. The lowest BCUT2D eigenvalue weighted by Crippen LogP contribution is -2.43. The number of carbonyl (C=O) groups is 1. The highest BCUT2D eigenvalue weighted by molar-refractivity contribution is 7.91. The quantitative estimate of drug-likeness (QED) is 0.659. The molecule has 0 saturated carbocycles. The van der Waals surface area contributed by atoms with Gasteiger partial charge in [-0.1, -0.05) is 18.2 Å². The largest absolute Gasteiger partial charge is 0.490 e. The number of ether oxygens (including phenoxy) is 1. The molecule has 1 aromatic heterocycles. The Hall–Kier alpha value is -1.97. The van der Waals surface area contributed by atoms with E-state index in [-0.39, 0.29) is 17.6 Å². The van der Waals surface area contributed by atoms with Gasteiger partial charge in [-0.15, -0.1) is 11.3 Å². The Kier molecular flexibility index (Phi) is 7.03. The van der Waals surface area contributed by atoms with Crippen molar-refractivity contribution in [2.24, 2.45) is 5.92 Å². The van der Waals surface area contributed by atoms with Crippen LogP contribution in [0.15, 0.2) is 46.0 Å². The van der Waals surface area contributed by atoms with Crippen LogP contribution >= 0.6 is 11.3 Å². The molecule has 1 aromatic carbocycles. The average molecular weight is 427 g/mol. The molecule has 3 rings (SSSR count). The predicted octanol–water partition coefficient (Wildman–Crippen LogP) is 2.87. The zero-order valence-electron chi connectivity index (χ0n) is 15.3. The van der Waals surface area contributed by atoms with Gasteiger partial charge < -0.3 is 10.1 Å². The molecule has 0 radical (unpaired) electrons. The summed E-state index contributed by atoms with van der Waals surface area (Å²) in [5.41, 5.74) is 0. The number of thiophene rings is 1. The first-order valence-electron chi connectivity index (χ1n) is 9.17. The molecular formula is C19H23FN2O4S2. The van der Waals surface area contributed by atoms with Crippen LogP contribution in [0.4, 0.5) is 4.39 Å². The lowest BCUT2D eigenvalue weighted by molar-refractivity contribution is -0.126. The predicted molar refractivity (Wildman–Crippen MR) is 105 cm³/mol. The molecule has 9 heteroatoms. The topological polar surface area (TPSA) is 75.7 Å². The molecule has 1 amide bonds. The lowest BCUT2D eigenvalue weighted by Gasteiger charge is -2.30. The summed E-state index contributed by atoms with van der Waals surface area (Å²) in [7, 11) is -3.45. The number of halogens is 1. The minimum atomic E-state index is -3.45. The van der Waals surface area contributed by atoms with Gasteiger partial charge in [-0.05, 0) is 42.8 Å². The van der Waals surface area contributed by atoms with Crippen molar-refractivity contribution in [3.05, 3.63) is 47.6 Å². The van der Waals surface area contributed by atoms with Crippen molar-refractivity contribution < 1.29 is 22.3 Å². The third-order valence-corrected chi connectivity index (χ3v) is 7.90. The van der Waals surface area contributed by atoms with Crippen molar-refractivity contribution in [1.82, 2.24) is 9.62 Å². The van der Waals surface area contributed by atoms with Crippen LogP contribution in [0.1, 0.15) is 19.3 Å². The van der Waals surface area contributed by atoms with Gasteiger partial charge in [0.2, 0.25) is 5.91 Å². The Morgan fingerprint density at radius 3 is 2.64 bits per heavy atom. The summed E-state index contributed by atoms with van der Waals surface area (Å²) < 4.78 is 45.6. The van der Waals surface area contributed by atoms with E-state index in [9.17, 15) is 17.6 Å². The van der Waals surface area contributed by atoms with Crippen LogP contribution in [0.25, 0.3) is 0 Å². The summed E-state index contributed by atoms with van der Waals surface area (Å²) in [4.78, 5) is 12.3. The highest BCUT2D eigenvalue weighted by Gasteiger charge is 2.32. The average Bonchev–Trinajstić information content (AvgIpc) is 3.25. The van der Waals surface area contributed by atoms with E-state index in [4.69, 9.17) is 4.74 Å². The van der Waals surface area contributed by atoms with Crippen LogP contribution in [0, 0.1) is 11.7 Å². The number of hydrogen-bond acceptors (Lipinski definition) is 5. The van der Waals surface area contributed by atoms with Gasteiger partial charge in [-0.3, -0.25) is 4.79 Å². The number of hydrogen-bond donors (Lipinski definition) is 1. The fourth-order valence-corrected chi connectivity index (χ4v) is 5.68. The van der Waals surface area contributed by atoms with Crippen LogP contribution in [0.2, 0.25) is 0 Å². The van der Waals surface area contributed by atoms with Crippen LogP contribution in [0.3, 0.4) is 0 Å². The first-order valence-corrected chi connectivity index (χ1v) is 11.5. The highest BCUT2D eigenvalue weighted by Crippen LogP contribution is 2.26. The number of sulfonamides is 1. The third-order valence-electron chi connectivity index (χ3n) is 4.63. The van der Waals surface area contributed by atoms with E-state index in [1.807, 2.05) is 0 Å². The maximum atomic E-state index is 13.4. The molecular weight excluding hydrogens is 403 g/mol. The van der Waals surface area contributed by atoms with Gasteiger partial charge in [0.05, 0.1) is 6.61 Å². The zero-order chi connectivity index (χ0) is 20.0. The van der Waals surface area contributed by atoms with Crippen molar-refractivity contribution in [1.29, 1.82) is 0 Å². The maximum Gasteiger partial charge on any atom is 0.252 e. The summed E-state index contributed by atoms with van der Waals surface area (Å²) in [6.07, 6.45) is 1.57. The summed E-state index contributed by atoms with van der Waals surface area (Å²) in [5, 5.41) is 4.59. The van der Waals surface area contributed by atoms with Crippen LogP contribution in [-0.2, 0) is 14.8 Å². The SMILES string of the molecule is O=C(NCCCOc1ccccc1F)C1CCN(S(=O)(=O)c2cccs2)CC1. The second-order valence-electron chi connectivity index (χ2n) is 6.53.